The highest BCUT2D eigenvalue weighted by Crippen LogP contribution is 2.53. The molecule has 1 amide bonds. The molecule has 0 saturated carbocycles. The van der Waals surface area contributed by atoms with E-state index in [2.05, 4.69) is 0 Å². The van der Waals surface area contributed by atoms with Crippen molar-refractivity contribution in [3.05, 3.63) is 58.5 Å². The van der Waals surface area contributed by atoms with Gasteiger partial charge in [0.05, 0.1) is 18.2 Å². The number of hydrogen-bond acceptors (Lipinski definition) is 6. The predicted molar refractivity (Wildman–Crippen MR) is 103 cm³/mol. The predicted octanol–water partition coefficient (Wildman–Crippen LogP) is 3.11. The first-order chi connectivity index (χ1) is 14.0. The van der Waals surface area contributed by atoms with Crippen LogP contribution in [0.5, 0.6) is 0 Å². The Labute approximate surface area is 169 Å². The lowest BCUT2D eigenvalue weighted by Crippen LogP contribution is -2.52. The van der Waals surface area contributed by atoms with Crippen molar-refractivity contribution in [3.63, 3.8) is 0 Å². The molecule has 2 aromatic rings. The first-order valence-electron chi connectivity index (χ1n) is 9.77. The molecule has 2 aliphatic heterocycles. The number of benzene rings is 1. The highest BCUT2D eigenvalue weighted by atomic mass is 16.6. The molecule has 0 unspecified atom stereocenters. The Morgan fingerprint density at radius 3 is 2.41 bits per heavy atom. The number of carbonyl (C=O) groups excluding carboxylic acids is 2. The molecule has 4 atom stereocenters. The third kappa shape index (κ3) is 3.24. The molecule has 2 bridgehead atoms. The summed E-state index contributed by atoms with van der Waals surface area (Å²) in [4.78, 5) is 27.4. The maximum absolute atomic E-state index is 13.5. The first-order valence-corrected chi connectivity index (χ1v) is 9.77. The van der Waals surface area contributed by atoms with Gasteiger partial charge in [-0.2, -0.15) is 0 Å². The zero-order chi connectivity index (χ0) is 20.7. The van der Waals surface area contributed by atoms with Crippen LogP contribution in [-0.2, 0) is 19.0 Å². The number of esters is 1. The first kappa shape index (κ1) is 19.7. The number of amides is 1. The van der Waals surface area contributed by atoms with Crippen molar-refractivity contribution in [1.82, 2.24) is 4.90 Å². The molecule has 2 aliphatic rings. The van der Waals surface area contributed by atoms with Crippen molar-refractivity contribution in [2.24, 2.45) is 0 Å². The van der Waals surface area contributed by atoms with E-state index in [1.54, 1.807) is 33.9 Å². The minimum absolute atomic E-state index is 0.185. The molecule has 0 radical (unpaired) electrons. The van der Waals surface area contributed by atoms with E-state index < -0.39 is 12.0 Å². The number of aryl methyl sites for hydroxylation is 2. The lowest BCUT2D eigenvalue weighted by atomic mass is 9.85. The molecule has 4 rings (SSSR count). The van der Waals surface area contributed by atoms with Crippen LogP contribution in [0.4, 0.5) is 0 Å². The lowest BCUT2D eigenvalue weighted by molar-refractivity contribution is -0.145. The molecule has 1 aromatic heterocycles. The van der Waals surface area contributed by atoms with Gasteiger partial charge in [-0.25, -0.2) is 0 Å². The van der Waals surface area contributed by atoms with E-state index in [1.165, 1.54) is 4.90 Å². The Kier molecular flexibility index (Phi) is 5.19. The topological polar surface area (TPSA) is 78.2 Å². The van der Waals surface area contributed by atoms with Crippen LogP contribution in [0.25, 0.3) is 0 Å². The van der Waals surface area contributed by atoms with E-state index >= 15 is 0 Å². The number of fused-ring (bicyclic) bond motifs is 5. The summed E-state index contributed by atoms with van der Waals surface area (Å²) in [5.74, 6) is 0.386. The van der Waals surface area contributed by atoms with Gasteiger partial charge in [-0.15, -0.1) is 0 Å². The minimum Gasteiger partial charge on any atom is -0.466 e. The Hall–Kier alpha value is -2.64. The van der Waals surface area contributed by atoms with Gasteiger partial charge in [0.25, 0.3) is 5.91 Å². The molecule has 0 spiro atoms. The van der Waals surface area contributed by atoms with Crippen LogP contribution in [0.2, 0.25) is 0 Å². The summed E-state index contributed by atoms with van der Waals surface area (Å²) in [6, 6.07) is 9.17. The fourth-order valence-corrected chi connectivity index (χ4v) is 4.46. The fourth-order valence-electron chi connectivity index (χ4n) is 4.46. The van der Waals surface area contributed by atoms with Gasteiger partial charge in [0.2, 0.25) is 0 Å². The summed E-state index contributed by atoms with van der Waals surface area (Å²) in [6.45, 7) is 5.32. The van der Waals surface area contributed by atoms with E-state index in [0.29, 0.717) is 17.1 Å². The molecular weight excluding hydrogens is 374 g/mol. The summed E-state index contributed by atoms with van der Waals surface area (Å²) in [5.41, 5.74) is 2.52. The molecular formula is C22H25NO6. The van der Waals surface area contributed by atoms with E-state index in [1.807, 2.05) is 24.3 Å². The molecule has 3 heterocycles. The van der Waals surface area contributed by atoms with Gasteiger partial charge in [-0.3, -0.25) is 9.59 Å². The second-order valence-corrected chi connectivity index (χ2v) is 7.36. The summed E-state index contributed by atoms with van der Waals surface area (Å²) in [7, 11) is 1.60. The van der Waals surface area contributed by atoms with Crippen LogP contribution in [-0.4, -0.2) is 49.2 Å². The smallest absolute Gasteiger partial charge is 0.325 e. The van der Waals surface area contributed by atoms with E-state index in [0.717, 1.165) is 11.1 Å². The van der Waals surface area contributed by atoms with Crippen LogP contribution in [0, 0.1) is 13.8 Å². The minimum atomic E-state index is -0.468. The Morgan fingerprint density at radius 1 is 1.14 bits per heavy atom. The number of ether oxygens (including phenoxy) is 3. The standard InChI is InChI=1S/C22H25NO6/c1-5-27-17(24)11-23(22(25)16-10-12(2)28-13(16)3)18-19-14-8-6-7-9-15(14)20(29-19)21(18)26-4/h6-10,18-21H,5,11H2,1-4H3/t18-,19+,20-,21+/m1/s1. The van der Waals surface area contributed by atoms with Gasteiger partial charge in [-0.1, -0.05) is 24.3 Å². The normalized spacial score (nSPS) is 24.4. The number of hydrogen-bond donors (Lipinski definition) is 0. The number of methoxy groups -OCH3 is 1. The van der Waals surface area contributed by atoms with Gasteiger partial charge < -0.3 is 23.5 Å². The summed E-state index contributed by atoms with van der Waals surface area (Å²) < 4.78 is 22.7. The molecule has 1 saturated heterocycles. The van der Waals surface area contributed by atoms with Crippen LogP contribution in [0.3, 0.4) is 0 Å². The Balaban J connectivity index is 1.74. The van der Waals surface area contributed by atoms with Crippen molar-refractivity contribution in [2.75, 3.05) is 20.3 Å². The molecule has 154 valence electrons. The quantitative estimate of drug-likeness (QED) is 0.695. The maximum atomic E-state index is 13.5. The zero-order valence-electron chi connectivity index (χ0n) is 17.0. The van der Waals surface area contributed by atoms with E-state index in [-0.39, 0.29) is 37.4 Å². The van der Waals surface area contributed by atoms with Gasteiger partial charge in [0.15, 0.2) is 0 Å². The molecule has 29 heavy (non-hydrogen) atoms. The third-order valence-electron chi connectivity index (χ3n) is 5.62. The average molecular weight is 399 g/mol. The van der Waals surface area contributed by atoms with Crippen molar-refractivity contribution in [1.29, 1.82) is 0 Å². The van der Waals surface area contributed by atoms with E-state index in [4.69, 9.17) is 18.6 Å². The largest absolute Gasteiger partial charge is 0.466 e. The third-order valence-corrected chi connectivity index (χ3v) is 5.62. The van der Waals surface area contributed by atoms with Crippen LogP contribution < -0.4 is 0 Å². The summed E-state index contributed by atoms with van der Waals surface area (Å²) in [6.07, 6.45) is -1.04. The van der Waals surface area contributed by atoms with Crippen LogP contribution in [0.1, 0.15) is 52.1 Å². The van der Waals surface area contributed by atoms with Crippen molar-refractivity contribution >= 4 is 11.9 Å². The Bertz CT molecular complexity index is 935. The average Bonchev–Trinajstić information content (AvgIpc) is 3.36. The number of furan rings is 1. The SMILES string of the molecule is CCOC(=O)CN(C(=O)c1cc(C)oc1C)[C@H]1[C@H](OC)[C@@H]2O[C@H]1c1ccccc12. The Morgan fingerprint density at radius 2 is 1.83 bits per heavy atom. The second kappa shape index (κ2) is 7.65. The number of carbonyl (C=O) groups is 2. The van der Waals surface area contributed by atoms with Gasteiger partial charge in [0.1, 0.15) is 36.4 Å². The second-order valence-electron chi connectivity index (χ2n) is 7.36. The van der Waals surface area contributed by atoms with Crippen LogP contribution >= 0.6 is 0 Å². The lowest BCUT2D eigenvalue weighted by Gasteiger charge is -2.37. The monoisotopic (exact) mass is 399 g/mol. The van der Waals surface area contributed by atoms with Crippen molar-refractivity contribution in [3.8, 4) is 0 Å². The molecule has 1 fully saturated rings. The summed E-state index contributed by atoms with van der Waals surface area (Å²) >= 11 is 0. The maximum Gasteiger partial charge on any atom is 0.325 e. The number of nitrogens with zero attached hydrogens (tertiary/aromatic N) is 1. The summed E-state index contributed by atoms with van der Waals surface area (Å²) in [5, 5.41) is 0. The van der Waals surface area contributed by atoms with Gasteiger partial charge >= 0.3 is 5.97 Å². The van der Waals surface area contributed by atoms with Crippen molar-refractivity contribution in [2.45, 2.75) is 45.1 Å². The zero-order valence-corrected chi connectivity index (χ0v) is 17.0. The van der Waals surface area contributed by atoms with Crippen LogP contribution in [0.15, 0.2) is 34.7 Å². The fraction of sp³-hybridized carbons (Fsp3) is 0.455. The van der Waals surface area contributed by atoms with E-state index in [9.17, 15) is 9.59 Å². The van der Waals surface area contributed by atoms with Gasteiger partial charge in [-0.05, 0) is 38.0 Å². The highest BCUT2D eigenvalue weighted by Gasteiger charge is 2.56. The number of rotatable bonds is 6. The van der Waals surface area contributed by atoms with Crippen molar-refractivity contribution < 1.29 is 28.2 Å². The van der Waals surface area contributed by atoms with Gasteiger partial charge in [0, 0.05) is 7.11 Å². The highest BCUT2D eigenvalue weighted by molar-refractivity contribution is 5.97. The molecule has 0 aliphatic carbocycles. The molecule has 0 N–H and O–H groups in total. The molecule has 7 nitrogen and oxygen atoms in total. The molecule has 7 heteroatoms. The molecule has 1 aromatic carbocycles.